The van der Waals surface area contributed by atoms with Crippen molar-refractivity contribution in [2.24, 2.45) is 16.1 Å². The van der Waals surface area contributed by atoms with Crippen LogP contribution in [0.5, 0.6) is 0 Å². The molecule has 2 aromatic rings. The largest absolute Gasteiger partial charge is 0.462 e. The standard InChI is InChI=1S/C21H21N3O/c1-20(2)9-8-15-6-7-17(16-5-3-4-14(10-16)12-22)11-18(15)21(20)13-25-19(23)24-21/h3-7,10-11H,8-9,13H2,1-2H3,(H2,23,24). The zero-order chi connectivity index (χ0) is 17.7. The van der Waals surface area contributed by atoms with Gasteiger partial charge in [-0.3, -0.25) is 0 Å². The van der Waals surface area contributed by atoms with E-state index in [4.69, 9.17) is 20.7 Å². The zero-order valence-corrected chi connectivity index (χ0v) is 14.5. The lowest BCUT2D eigenvalue weighted by Crippen LogP contribution is -2.45. The number of fused-ring (bicyclic) bond motifs is 2. The number of aliphatic imine (C=N–C) groups is 1. The zero-order valence-electron chi connectivity index (χ0n) is 14.5. The fourth-order valence-electron chi connectivity index (χ4n) is 4.06. The van der Waals surface area contributed by atoms with Crippen LogP contribution in [0, 0.1) is 16.7 Å². The lowest BCUT2D eigenvalue weighted by atomic mass is 9.61. The van der Waals surface area contributed by atoms with Gasteiger partial charge in [-0.05, 0) is 58.7 Å². The minimum atomic E-state index is -0.437. The van der Waals surface area contributed by atoms with Crippen molar-refractivity contribution in [1.82, 2.24) is 0 Å². The predicted octanol–water partition coefficient (Wildman–Crippen LogP) is 3.74. The first kappa shape index (κ1) is 15.7. The highest BCUT2D eigenvalue weighted by molar-refractivity contribution is 5.75. The average molecular weight is 331 g/mol. The van der Waals surface area contributed by atoms with E-state index in [1.54, 1.807) is 0 Å². The van der Waals surface area contributed by atoms with E-state index in [0.29, 0.717) is 12.2 Å². The number of nitrogens with zero attached hydrogens (tertiary/aromatic N) is 2. The molecule has 4 heteroatoms. The molecule has 0 fully saturated rings. The molecule has 25 heavy (non-hydrogen) atoms. The molecule has 0 radical (unpaired) electrons. The summed E-state index contributed by atoms with van der Waals surface area (Å²) in [5, 5.41) is 9.17. The van der Waals surface area contributed by atoms with E-state index in [0.717, 1.165) is 24.0 Å². The molecule has 0 bridgehead atoms. The average Bonchev–Trinajstić information content (AvgIpc) is 3.02. The van der Waals surface area contributed by atoms with Crippen LogP contribution < -0.4 is 5.73 Å². The summed E-state index contributed by atoms with van der Waals surface area (Å²) in [6.45, 7) is 4.97. The monoisotopic (exact) mass is 331 g/mol. The van der Waals surface area contributed by atoms with E-state index in [9.17, 15) is 0 Å². The number of hydrogen-bond donors (Lipinski definition) is 1. The van der Waals surface area contributed by atoms with Crippen LogP contribution in [0.3, 0.4) is 0 Å². The lowest BCUT2D eigenvalue weighted by Gasteiger charge is -2.45. The number of nitriles is 1. The van der Waals surface area contributed by atoms with Crippen molar-refractivity contribution in [3.05, 3.63) is 59.2 Å². The number of amidine groups is 1. The van der Waals surface area contributed by atoms with Crippen LogP contribution in [0.15, 0.2) is 47.5 Å². The Morgan fingerprint density at radius 2 is 1.96 bits per heavy atom. The van der Waals surface area contributed by atoms with Gasteiger partial charge < -0.3 is 10.5 Å². The van der Waals surface area contributed by atoms with Crippen LogP contribution >= 0.6 is 0 Å². The highest BCUT2D eigenvalue weighted by atomic mass is 16.5. The molecule has 0 saturated heterocycles. The van der Waals surface area contributed by atoms with Crippen molar-refractivity contribution in [3.63, 3.8) is 0 Å². The summed E-state index contributed by atoms with van der Waals surface area (Å²) < 4.78 is 5.61. The van der Waals surface area contributed by atoms with Crippen molar-refractivity contribution >= 4 is 6.02 Å². The van der Waals surface area contributed by atoms with Gasteiger partial charge in [0.2, 0.25) is 0 Å². The fourth-order valence-corrected chi connectivity index (χ4v) is 4.06. The molecule has 1 heterocycles. The van der Waals surface area contributed by atoms with E-state index < -0.39 is 5.54 Å². The summed E-state index contributed by atoms with van der Waals surface area (Å²) in [4.78, 5) is 4.76. The van der Waals surface area contributed by atoms with Gasteiger partial charge in [-0.25, -0.2) is 4.99 Å². The van der Waals surface area contributed by atoms with Gasteiger partial charge in [-0.15, -0.1) is 0 Å². The highest BCUT2D eigenvalue weighted by Crippen LogP contribution is 2.53. The number of hydrogen-bond acceptors (Lipinski definition) is 4. The molecule has 2 N–H and O–H groups in total. The van der Waals surface area contributed by atoms with Gasteiger partial charge in [-0.1, -0.05) is 38.1 Å². The highest BCUT2D eigenvalue weighted by Gasteiger charge is 2.53. The molecular formula is C21H21N3O. The third-order valence-electron chi connectivity index (χ3n) is 5.75. The van der Waals surface area contributed by atoms with Crippen LogP contribution in [0.1, 0.15) is 37.0 Å². The van der Waals surface area contributed by atoms with Crippen LogP contribution in [-0.4, -0.2) is 12.6 Å². The topological polar surface area (TPSA) is 71.4 Å². The Kier molecular flexibility index (Phi) is 3.36. The van der Waals surface area contributed by atoms with Crippen molar-refractivity contribution in [3.8, 4) is 17.2 Å². The number of aryl methyl sites for hydroxylation is 1. The minimum absolute atomic E-state index is 0.0335. The summed E-state index contributed by atoms with van der Waals surface area (Å²) in [5.74, 6) is 0. The van der Waals surface area contributed by atoms with Crippen LogP contribution in [0.2, 0.25) is 0 Å². The summed E-state index contributed by atoms with van der Waals surface area (Å²) in [6, 6.07) is 16.7. The predicted molar refractivity (Wildman–Crippen MR) is 97.9 cm³/mol. The summed E-state index contributed by atoms with van der Waals surface area (Å²) in [5.41, 5.74) is 10.7. The Labute approximate surface area is 148 Å². The van der Waals surface area contributed by atoms with Crippen molar-refractivity contribution in [2.45, 2.75) is 32.2 Å². The second-order valence-corrected chi connectivity index (χ2v) is 7.55. The molecule has 2 aromatic carbocycles. The van der Waals surface area contributed by atoms with Gasteiger partial charge in [0, 0.05) is 0 Å². The first-order valence-corrected chi connectivity index (χ1v) is 8.57. The Morgan fingerprint density at radius 3 is 2.68 bits per heavy atom. The van der Waals surface area contributed by atoms with Crippen molar-refractivity contribution in [2.75, 3.05) is 6.61 Å². The van der Waals surface area contributed by atoms with Gasteiger partial charge >= 0.3 is 0 Å². The van der Waals surface area contributed by atoms with E-state index in [1.165, 1.54) is 11.1 Å². The molecule has 0 aromatic heterocycles. The second-order valence-electron chi connectivity index (χ2n) is 7.55. The van der Waals surface area contributed by atoms with Gasteiger partial charge in [-0.2, -0.15) is 5.26 Å². The molecule has 0 saturated carbocycles. The maximum Gasteiger partial charge on any atom is 0.283 e. The summed E-state index contributed by atoms with van der Waals surface area (Å²) >= 11 is 0. The van der Waals surface area contributed by atoms with Gasteiger partial charge in [0.05, 0.1) is 11.6 Å². The number of ether oxygens (including phenoxy) is 1. The van der Waals surface area contributed by atoms with E-state index in [2.05, 4.69) is 38.1 Å². The number of nitrogens with two attached hydrogens (primary N) is 1. The molecule has 1 unspecified atom stereocenters. The molecule has 1 atom stereocenters. The van der Waals surface area contributed by atoms with Crippen LogP contribution in [0.25, 0.3) is 11.1 Å². The van der Waals surface area contributed by atoms with Gasteiger partial charge in [0.15, 0.2) is 0 Å². The van der Waals surface area contributed by atoms with Crippen molar-refractivity contribution < 1.29 is 4.74 Å². The first-order chi connectivity index (χ1) is 11.9. The molecule has 2 aliphatic rings. The number of benzene rings is 2. The maximum absolute atomic E-state index is 9.17. The van der Waals surface area contributed by atoms with E-state index in [1.807, 2.05) is 24.3 Å². The van der Waals surface area contributed by atoms with Gasteiger partial charge in [0.1, 0.15) is 12.1 Å². The van der Waals surface area contributed by atoms with Crippen molar-refractivity contribution in [1.29, 1.82) is 5.26 Å². The lowest BCUT2D eigenvalue weighted by molar-refractivity contribution is 0.0990. The minimum Gasteiger partial charge on any atom is -0.462 e. The summed E-state index contributed by atoms with van der Waals surface area (Å²) in [6.07, 6.45) is 2.07. The normalized spacial score (nSPS) is 23.5. The SMILES string of the molecule is CC1(C)CCc2ccc(-c3cccc(C#N)c3)cc2C12COC(N)=N2. The molecule has 1 spiro atoms. The Balaban J connectivity index is 1.90. The second kappa shape index (κ2) is 5.35. The van der Waals surface area contributed by atoms with Gasteiger partial charge in [0.25, 0.3) is 6.02 Å². The first-order valence-electron chi connectivity index (χ1n) is 8.57. The summed E-state index contributed by atoms with van der Waals surface area (Å²) in [7, 11) is 0. The Bertz CT molecular complexity index is 923. The maximum atomic E-state index is 9.17. The van der Waals surface area contributed by atoms with E-state index in [-0.39, 0.29) is 11.4 Å². The Morgan fingerprint density at radius 1 is 1.16 bits per heavy atom. The third-order valence-corrected chi connectivity index (χ3v) is 5.75. The molecule has 4 rings (SSSR count). The molecule has 1 aliphatic heterocycles. The molecule has 0 amide bonds. The molecule has 1 aliphatic carbocycles. The third kappa shape index (κ3) is 2.31. The van der Waals surface area contributed by atoms with Crippen LogP contribution in [-0.2, 0) is 16.7 Å². The molecule has 126 valence electrons. The molecule has 4 nitrogen and oxygen atoms in total. The quantitative estimate of drug-likeness (QED) is 0.865. The Hall–Kier alpha value is -2.80. The smallest absolute Gasteiger partial charge is 0.283 e. The van der Waals surface area contributed by atoms with E-state index >= 15 is 0 Å². The molecular weight excluding hydrogens is 310 g/mol. The van der Waals surface area contributed by atoms with Crippen LogP contribution in [0.4, 0.5) is 0 Å². The number of rotatable bonds is 1. The fraction of sp³-hybridized carbons (Fsp3) is 0.333.